The highest BCUT2D eigenvalue weighted by molar-refractivity contribution is 6.14. The topological polar surface area (TPSA) is 46.1 Å². The first-order valence-electron chi connectivity index (χ1n) is 9.32. The molecule has 4 rings (SSSR count). The number of Topliss-reactive ketones (excluding diaryl/α,β-unsaturated/α-hetero) is 1. The summed E-state index contributed by atoms with van der Waals surface area (Å²) in [5.41, 5.74) is 4.33. The van der Waals surface area contributed by atoms with Crippen LogP contribution in [0.15, 0.2) is 90.3 Å². The maximum absolute atomic E-state index is 13.1. The van der Waals surface area contributed by atoms with Crippen molar-refractivity contribution in [2.45, 2.75) is 6.54 Å². The van der Waals surface area contributed by atoms with Crippen LogP contribution >= 0.6 is 0 Å². The van der Waals surface area contributed by atoms with Gasteiger partial charge in [-0.25, -0.2) is 0 Å². The number of carbonyl (C=O) groups excluding carboxylic acids is 1. The van der Waals surface area contributed by atoms with Gasteiger partial charge in [0, 0.05) is 43.2 Å². The fourth-order valence-corrected chi connectivity index (χ4v) is 3.34. The Hall–Kier alpha value is -3.37. The molecule has 0 bridgehead atoms. The maximum atomic E-state index is 13.1. The Labute approximate surface area is 164 Å². The van der Waals surface area contributed by atoms with Crippen molar-refractivity contribution >= 4 is 17.9 Å². The molecule has 0 unspecified atom stereocenters. The SMILES string of the molecule is O=C1/C(=C\c2ccccn2)CN(Cc2ccccc2)C/C1=C\c1ccccn1. The quantitative estimate of drug-likeness (QED) is 0.653. The number of hydrogen-bond acceptors (Lipinski definition) is 4. The molecule has 0 spiro atoms. The lowest BCUT2D eigenvalue weighted by molar-refractivity contribution is -0.113. The van der Waals surface area contributed by atoms with Crippen molar-refractivity contribution in [1.82, 2.24) is 14.9 Å². The van der Waals surface area contributed by atoms with Crippen LogP contribution in [0.3, 0.4) is 0 Å². The lowest BCUT2D eigenvalue weighted by Crippen LogP contribution is -2.37. The molecule has 1 aromatic carbocycles. The molecule has 3 aromatic rings. The molecule has 1 aliphatic heterocycles. The van der Waals surface area contributed by atoms with E-state index in [0.29, 0.717) is 13.1 Å². The Morgan fingerprint density at radius 3 is 1.79 bits per heavy atom. The van der Waals surface area contributed by atoms with E-state index in [0.717, 1.165) is 29.1 Å². The summed E-state index contributed by atoms with van der Waals surface area (Å²) in [6.45, 7) is 1.99. The summed E-state index contributed by atoms with van der Waals surface area (Å²) < 4.78 is 0. The van der Waals surface area contributed by atoms with E-state index in [1.165, 1.54) is 5.56 Å². The van der Waals surface area contributed by atoms with Crippen molar-refractivity contribution in [2.75, 3.05) is 13.1 Å². The van der Waals surface area contributed by atoms with Gasteiger partial charge in [0.15, 0.2) is 5.78 Å². The standard InChI is InChI=1S/C24H21N3O/c28-24-20(14-22-10-4-6-12-25-22)17-27(16-19-8-2-1-3-9-19)18-21(24)15-23-11-5-7-13-26-23/h1-15H,16-18H2/b20-14-,21-15+. The molecule has 0 radical (unpaired) electrons. The van der Waals surface area contributed by atoms with Crippen LogP contribution in [-0.2, 0) is 11.3 Å². The predicted molar refractivity (Wildman–Crippen MR) is 111 cm³/mol. The lowest BCUT2D eigenvalue weighted by atomic mass is 9.95. The first kappa shape index (κ1) is 18.0. The summed E-state index contributed by atoms with van der Waals surface area (Å²) >= 11 is 0. The highest BCUT2D eigenvalue weighted by atomic mass is 16.1. The van der Waals surface area contributed by atoms with Crippen LogP contribution in [0, 0.1) is 0 Å². The van der Waals surface area contributed by atoms with Gasteiger partial charge in [-0.15, -0.1) is 0 Å². The molecule has 1 fully saturated rings. The Kier molecular flexibility index (Phi) is 5.50. The number of nitrogens with zero attached hydrogens (tertiary/aromatic N) is 3. The van der Waals surface area contributed by atoms with Crippen LogP contribution in [0.2, 0.25) is 0 Å². The largest absolute Gasteiger partial charge is 0.290 e. The minimum atomic E-state index is 0.0700. The predicted octanol–water partition coefficient (Wildman–Crippen LogP) is 4.03. The average molecular weight is 367 g/mol. The summed E-state index contributed by atoms with van der Waals surface area (Å²) in [6, 6.07) is 21.8. The fourth-order valence-electron chi connectivity index (χ4n) is 3.34. The Balaban J connectivity index is 1.66. The summed E-state index contributed by atoms with van der Waals surface area (Å²) in [6.07, 6.45) is 7.27. The van der Waals surface area contributed by atoms with Gasteiger partial charge in [0.2, 0.25) is 0 Å². The number of ketones is 1. The molecule has 1 aliphatic rings. The normalized spacial score (nSPS) is 17.9. The minimum absolute atomic E-state index is 0.0700. The smallest absolute Gasteiger partial charge is 0.187 e. The van der Waals surface area contributed by atoms with Crippen LogP contribution in [0.4, 0.5) is 0 Å². The average Bonchev–Trinajstić information content (AvgIpc) is 2.74. The fraction of sp³-hybridized carbons (Fsp3) is 0.125. The molecular formula is C24H21N3O. The second-order valence-corrected chi connectivity index (χ2v) is 6.81. The van der Waals surface area contributed by atoms with Gasteiger partial charge in [0.1, 0.15) is 0 Å². The van der Waals surface area contributed by atoms with Gasteiger partial charge < -0.3 is 0 Å². The van der Waals surface area contributed by atoms with E-state index in [1.54, 1.807) is 12.4 Å². The van der Waals surface area contributed by atoms with E-state index in [9.17, 15) is 4.79 Å². The van der Waals surface area contributed by atoms with Crippen LogP contribution in [0.25, 0.3) is 12.2 Å². The third kappa shape index (κ3) is 4.48. The van der Waals surface area contributed by atoms with E-state index in [-0.39, 0.29) is 5.78 Å². The number of piperidine rings is 1. The van der Waals surface area contributed by atoms with E-state index < -0.39 is 0 Å². The number of carbonyl (C=O) groups is 1. The molecule has 1 saturated heterocycles. The van der Waals surface area contributed by atoms with Crippen LogP contribution in [-0.4, -0.2) is 33.7 Å². The molecule has 4 nitrogen and oxygen atoms in total. The third-order valence-corrected chi connectivity index (χ3v) is 4.64. The highest BCUT2D eigenvalue weighted by Gasteiger charge is 2.26. The molecule has 138 valence electrons. The molecule has 0 saturated carbocycles. The zero-order chi connectivity index (χ0) is 19.2. The van der Waals surface area contributed by atoms with Gasteiger partial charge in [-0.05, 0) is 42.0 Å². The molecule has 4 heteroatoms. The second kappa shape index (κ2) is 8.55. The van der Waals surface area contributed by atoms with E-state index in [2.05, 4.69) is 27.0 Å². The maximum Gasteiger partial charge on any atom is 0.187 e. The number of pyridine rings is 2. The molecule has 0 N–H and O–H groups in total. The van der Waals surface area contributed by atoms with Crippen molar-refractivity contribution in [3.63, 3.8) is 0 Å². The van der Waals surface area contributed by atoms with Crippen molar-refractivity contribution in [1.29, 1.82) is 0 Å². The monoisotopic (exact) mass is 367 g/mol. The number of aromatic nitrogens is 2. The molecule has 0 amide bonds. The number of benzene rings is 1. The Morgan fingerprint density at radius 2 is 1.29 bits per heavy atom. The molecular weight excluding hydrogens is 346 g/mol. The Bertz CT molecular complexity index is 934. The zero-order valence-corrected chi connectivity index (χ0v) is 15.5. The van der Waals surface area contributed by atoms with Gasteiger partial charge >= 0.3 is 0 Å². The van der Waals surface area contributed by atoms with Crippen LogP contribution in [0.1, 0.15) is 17.0 Å². The summed E-state index contributed by atoms with van der Waals surface area (Å²) in [5, 5.41) is 0. The van der Waals surface area contributed by atoms with Crippen LogP contribution in [0.5, 0.6) is 0 Å². The number of hydrogen-bond donors (Lipinski definition) is 0. The Morgan fingerprint density at radius 1 is 0.750 bits per heavy atom. The van der Waals surface area contributed by atoms with Crippen molar-refractivity contribution in [3.8, 4) is 0 Å². The van der Waals surface area contributed by atoms with Crippen molar-refractivity contribution in [2.24, 2.45) is 0 Å². The van der Waals surface area contributed by atoms with E-state index >= 15 is 0 Å². The minimum Gasteiger partial charge on any atom is -0.290 e. The number of likely N-dealkylation sites (tertiary alicyclic amines) is 1. The van der Waals surface area contributed by atoms with Gasteiger partial charge in [0.05, 0.1) is 11.4 Å². The van der Waals surface area contributed by atoms with Gasteiger partial charge in [-0.3, -0.25) is 19.7 Å². The highest BCUT2D eigenvalue weighted by Crippen LogP contribution is 2.22. The molecule has 28 heavy (non-hydrogen) atoms. The van der Waals surface area contributed by atoms with E-state index in [4.69, 9.17) is 0 Å². The molecule has 3 heterocycles. The summed E-state index contributed by atoms with van der Waals surface area (Å²) in [5.74, 6) is 0.0700. The summed E-state index contributed by atoms with van der Waals surface area (Å²) in [7, 11) is 0. The van der Waals surface area contributed by atoms with E-state index in [1.807, 2.05) is 66.7 Å². The molecule has 2 aromatic heterocycles. The first-order valence-corrected chi connectivity index (χ1v) is 9.32. The third-order valence-electron chi connectivity index (χ3n) is 4.64. The lowest BCUT2D eigenvalue weighted by Gasteiger charge is -2.29. The van der Waals surface area contributed by atoms with Crippen LogP contribution < -0.4 is 0 Å². The summed E-state index contributed by atoms with van der Waals surface area (Å²) in [4.78, 5) is 24.1. The molecule has 0 aliphatic carbocycles. The second-order valence-electron chi connectivity index (χ2n) is 6.81. The van der Waals surface area contributed by atoms with Crippen molar-refractivity contribution < 1.29 is 4.79 Å². The number of rotatable bonds is 4. The van der Waals surface area contributed by atoms with Crippen molar-refractivity contribution in [3.05, 3.63) is 107 Å². The molecule has 0 atom stereocenters. The van der Waals surface area contributed by atoms with Gasteiger partial charge in [0.25, 0.3) is 0 Å². The van der Waals surface area contributed by atoms with Gasteiger partial charge in [-0.2, -0.15) is 0 Å². The zero-order valence-electron chi connectivity index (χ0n) is 15.5. The first-order chi connectivity index (χ1) is 13.8. The van der Waals surface area contributed by atoms with Gasteiger partial charge in [-0.1, -0.05) is 42.5 Å².